The minimum Gasteiger partial charge on any atom is -0.494 e. The number of rotatable bonds is 6. The first-order valence-corrected chi connectivity index (χ1v) is 8.22. The van der Waals surface area contributed by atoms with Crippen LogP contribution in [-0.4, -0.2) is 34.5 Å². The van der Waals surface area contributed by atoms with Crippen LogP contribution in [0.3, 0.4) is 0 Å². The second kappa shape index (κ2) is 7.78. The molecule has 1 aromatic heterocycles. The summed E-state index contributed by atoms with van der Waals surface area (Å²) < 4.78 is 0. The van der Waals surface area contributed by atoms with E-state index >= 15 is 0 Å². The zero-order chi connectivity index (χ0) is 17.7. The number of hydrogen-bond donors (Lipinski definition) is 4. The maximum absolute atomic E-state index is 12.0. The van der Waals surface area contributed by atoms with Crippen LogP contribution >= 0.6 is 11.3 Å². The first-order valence-electron chi connectivity index (χ1n) is 7.40. The molecule has 2 aromatic rings. The van der Waals surface area contributed by atoms with Crippen LogP contribution in [0.2, 0.25) is 0 Å². The van der Waals surface area contributed by atoms with Gasteiger partial charge < -0.3 is 15.7 Å². The van der Waals surface area contributed by atoms with E-state index in [1.807, 2.05) is 19.1 Å². The van der Waals surface area contributed by atoms with E-state index in [9.17, 15) is 19.5 Å². The van der Waals surface area contributed by atoms with Crippen molar-refractivity contribution in [1.82, 2.24) is 15.6 Å². The molecule has 0 aliphatic rings. The van der Waals surface area contributed by atoms with E-state index in [0.29, 0.717) is 5.56 Å². The molecule has 2 amide bonds. The number of aromatic amines is 1. The number of aromatic hydroxyl groups is 1. The number of aromatic nitrogens is 1. The number of H-pyrrole nitrogens is 1. The fraction of sp³-hybridized carbons (Fsp3) is 0.312. The Labute approximate surface area is 142 Å². The Morgan fingerprint density at radius 3 is 2.75 bits per heavy atom. The molecule has 7 nitrogen and oxygen atoms in total. The molecule has 24 heavy (non-hydrogen) atoms. The summed E-state index contributed by atoms with van der Waals surface area (Å²) >= 11 is 0.795. The molecular formula is C16H19N3O4S. The predicted molar refractivity (Wildman–Crippen MR) is 91.4 cm³/mol. The van der Waals surface area contributed by atoms with Gasteiger partial charge in [0.05, 0.1) is 11.3 Å². The molecule has 1 heterocycles. The normalized spacial score (nSPS) is 11.8. The van der Waals surface area contributed by atoms with Crippen molar-refractivity contribution in [3.8, 4) is 5.88 Å². The SMILES string of the molecule is Cc1cccc(C(=O)NCC(C)NC(=O)Cc2sc(=O)[nH]c2O)c1. The van der Waals surface area contributed by atoms with Crippen LogP contribution in [0.15, 0.2) is 29.1 Å². The molecule has 0 bridgehead atoms. The zero-order valence-corrected chi connectivity index (χ0v) is 14.2. The van der Waals surface area contributed by atoms with E-state index in [1.54, 1.807) is 19.1 Å². The average molecular weight is 349 g/mol. The molecule has 8 heteroatoms. The molecule has 128 valence electrons. The molecule has 1 aromatic carbocycles. The van der Waals surface area contributed by atoms with Crippen LogP contribution in [0, 0.1) is 6.92 Å². The number of carbonyl (C=O) groups excluding carboxylic acids is 2. The Bertz CT molecular complexity index is 797. The van der Waals surface area contributed by atoms with Crippen molar-refractivity contribution in [2.75, 3.05) is 6.54 Å². The van der Waals surface area contributed by atoms with Crippen LogP contribution in [-0.2, 0) is 11.2 Å². The lowest BCUT2D eigenvalue weighted by molar-refractivity contribution is -0.121. The molecule has 4 N–H and O–H groups in total. The van der Waals surface area contributed by atoms with E-state index in [1.165, 1.54) is 0 Å². The Kier molecular flexibility index (Phi) is 5.75. The number of amides is 2. The molecule has 0 radical (unpaired) electrons. The summed E-state index contributed by atoms with van der Waals surface area (Å²) in [5.74, 6) is -0.820. The summed E-state index contributed by atoms with van der Waals surface area (Å²) in [6, 6.07) is 6.94. The van der Waals surface area contributed by atoms with Crippen LogP contribution in [0.5, 0.6) is 5.88 Å². The third kappa shape index (κ3) is 4.95. The highest BCUT2D eigenvalue weighted by Crippen LogP contribution is 2.15. The molecule has 0 spiro atoms. The van der Waals surface area contributed by atoms with Crippen LogP contribution in [0.4, 0.5) is 0 Å². The van der Waals surface area contributed by atoms with E-state index in [-0.39, 0.29) is 41.6 Å². The van der Waals surface area contributed by atoms with Gasteiger partial charge in [-0.15, -0.1) is 0 Å². The van der Waals surface area contributed by atoms with Gasteiger partial charge in [0.2, 0.25) is 11.8 Å². The summed E-state index contributed by atoms with van der Waals surface area (Å²) in [7, 11) is 0. The van der Waals surface area contributed by atoms with Gasteiger partial charge in [-0.2, -0.15) is 0 Å². The Hall–Kier alpha value is -2.61. The topological polar surface area (TPSA) is 111 Å². The molecule has 2 rings (SSSR count). The van der Waals surface area contributed by atoms with Gasteiger partial charge in [0.15, 0.2) is 0 Å². The summed E-state index contributed by atoms with van der Waals surface area (Å²) in [5.41, 5.74) is 1.56. The van der Waals surface area contributed by atoms with Gasteiger partial charge in [0, 0.05) is 18.2 Å². The van der Waals surface area contributed by atoms with Crippen molar-refractivity contribution >= 4 is 23.2 Å². The quantitative estimate of drug-likeness (QED) is 0.621. The highest BCUT2D eigenvalue weighted by molar-refractivity contribution is 7.09. The number of hydrogen-bond acceptors (Lipinski definition) is 5. The fourth-order valence-corrected chi connectivity index (χ4v) is 2.85. The molecular weight excluding hydrogens is 330 g/mol. The standard InChI is InChI=1S/C16H19N3O4S/c1-9-4-3-5-11(6-9)14(21)17-8-10(2)18-13(20)7-12-15(22)19-16(23)24-12/h3-6,10,22H,7-8H2,1-2H3,(H,17,21)(H,18,20)(H,19,23). The van der Waals surface area contributed by atoms with Gasteiger partial charge in [-0.05, 0) is 26.0 Å². The van der Waals surface area contributed by atoms with Crippen molar-refractivity contribution in [2.45, 2.75) is 26.3 Å². The van der Waals surface area contributed by atoms with Crippen LogP contribution in [0.25, 0.3) is 0 Å². The maximum atomic E-state index is 12.0. The van der Waals surface area contributed by atoms with Crippen molar-refractivity contribution in [2.24, 2.45) is 0 Å². The predicted octanol–water partition coefficient (Wildman–Crippen LogP) is 0.928. The first-order chi connectivity index (χ1) is 11.3. The third-order valence-corrected chi connectivity index (χ3v) is 4.15. The van der Waals surface area contributed by atoms with Gasteiger partial charge >= 0.3 is 4.87 Å². The monoisotopic (exact) mass is 349 g/mol. The minimum atomic E-state index is -0.409. The van der Waals surface area contributed by atoms with Crippen molar-refractivity contribution in [1.29, 1.82) is 0 Å². The molecule has 0 fully saturated rings. The van der Waals surface area contributed by atoms with Crippen molar-refractivity contribution in [3.05, 3.63) is 49.9 Å². The van der Waals surface area contributed by atoms with E-state index < -0.39 is 4.87 Å². The first kappa shape index (κ1) is 17.7. The van der Waals surface area contributed by atoms with Gasteiger partial charge in [-0.1, -0.05) is 29.0 Å². The van der Waals surface area contributed by atoms with Crippen LogP contribution in [0.1, 0.15) is 27.7 Å². The molecule has 0 saturated heterocycles. The molecule has 0 aliphatic heterocycles. The number of nitrogens with one attached hydrogen (secondary N) is 3. The summed E-state index contributed by atoms with van der Waals surface area (Å²) in [6.07, 6.45) is -0.0919. The average Bonchev–Trinajstić information content (AvgIpc) is 2.82. The van der Waals surface area contributed by atoms with Gasteiger partial charge in [-0.25, -0.2) is 0 Å². The van der Waals surface area contributed by atoms with E-state index in [4.69, 9.17) is 0 Å². The summed E-state index contributed by atoms with van der Waals surface area (Å²) in [4.78, 5) is 37.1. The van der Waals surface area contributed by atoms with Gasteiger partial charge in [0.25, 0.3) is 5.91 Å². The second-order valence-corrected chi connectivity index (χ2v) is 6.58. The van der Waals surface area contributed by atoms with E-state index in [2.05, 4.69) is 15.6 Å². The Morgan fingerprint density at radius 2 is 2.12 bits per heavy atom. The van der Waals surface area contributed by atoms with E-state index in [0.717, 1.165) is 16.9 Å². The molecule has 0 saturated carbocycles. The number of carbonyl (C=O) groups is 2. The molecule has 1 unspecified atom stereocenters. The molecule has 1 atom stereocenters. The lowest BCUT2D eigenvalue weighted by Gasteiger charge is -2.14. The Morgan fingerprint density at radius 1 is 1.38 bits per heavy atom. The lowest BCUT2D eigenvalue weighted by Crippen LogP contribution is -2.42. The minimum absolute atomic E-state index is 0.0919. The highest BCUT2D eigenvalue weighted by Gasteiger charge is 2.14. The number of thiazole rings is 1. The van der Waals surface area contributed by atoms with Gasteiger partial charge in [0.1, 0.15) is 0 Å². The Balaban J connectivity index is 1.81. The number of aryl methyl sites for hydroxylation is 1. The van der Waals surface area contributed by atoms with Gasteiger partial charge in [-0.3, -0.25) is 19.4 Å². The largest absolute Gasteiger partial charge is 0.494 e. The van der Waals surface area contributed by atoms with Crippen molar-refractivity contribution < 1.29 is 14.7 Å². The summed E-state index contributed by atoms with van der Waals surface area (Å²) in [6.45, 7) is 3.94. The highest BCUT2D eigenvalue weighted by atomic mass is 32.1. The smallest absolute Gasteiger partial charge is 0.307 e. The maximum Gasteiger partial charge on any atom is 0.307 e. The molecule has 0 aliphatic carbocycles. The second-order valence-electron chi connectivity index (χ2n) is 5.51. The van der Waals surface area contributed by atoms with Crippen LogP contribution < -0.4 is 15.5 Å². The lowest BCUT2D eigenvalue weighted by atomic mass is 10.1. The van der Waals surface area contributed by atoms with Crippen molar-refractivity contribution in [3.63, 3.8) is 0 Å². The zero-order valence-electron chi connectivity index (χ0n) is 13.4. The fourth-order valence-electron chi connectivity index (χ4n) is 2.13. The third-order valence-electron chi connectivity index (χ3n) is 3.28. The number of benzene rings is 1. The summed E-state index contributed by atoms with van der Waals surface area (Å²) in [5, 5.41) is 14.9.